The van der Waals surface area contributed by atoms with E-state index in [1.165, 1.54) is 76.3 Å². The first-order valence-electron chi connectivity index (χ1n) is 17.1. The van der Waals surface area contributed by atoms with E-state index in [-0.39, 0.29) is 0 Å². The smallest absolute Gasteiger partial charge is 0.0708 e. The predicted molar refractivity (Wildman–Crippen MR) is 211 cm³/mol. The van der Waals surface area contributed by atoms with Crippen molar-refractivity contribution in [2.45, 2.75) is 0 Å². The zero-order valence-corrected chi connectivity index (χ0v) is 27.1. The van der Waals surface area contributed by atoms with Crippen LogP contribution >= 0.6 is 0 Å². The Balaban J connectivity index is 1.28. The van der Waals surface area contributed by atoms with E-state index in [0.717, 1.165) is 22.3 Å². The summed E-state index contributed by atoms with van der Waals surface area (Å²) in [7, 11) is 0. The molecule has 0 aliphatic rings. The van der Waals surface area contributed by atoms with Crippen LogP contribution in [0.2, 0.25) is 0 Å². The first-order valence-corrected chi connectivity index (χ1v) is 17.1. The minimum absolute atomic E-state index is 1.00. The highest BCUT2D eigenvalue weighted by molar-refractivity contribution is 6.25. The van der Waals surface area contributed by atoms with Gasteiger partial charge in [-0.05, 0) is 88.6 Å². The van der Waals surface area contributed by atoms with E-state index >= 15 is 0 Å². The van der Waals surface area contributed by atoms with Gasteiger partial charge in [0.15, 0.2) is 0 Å². The normalized spacial score (nSPS) is 12.0. The SMILES string of the molecule is c1ccc(-n2c3ccccc3c3ccc(-c4cc5cc6c(cc5c5cnc7ccccc7c45)c4ccccc4n6-c4ccccc4)cc32)cc1. The van der Waals surface area contributed by atoms with Crippen molar-refractivity contribution in [3.63, 3.8) is 0 Å². The molecule has 11 rings (SSSR count). The van der Waals surface area contributed by atoms with E-state index in [2.05, 4.69) is 185 Å². The van der Waals surface area contributed by atoms with E-state index in [9.17, 15) is 0 Å². The van der Waals surface area contributed by atoms with Gasteiger partial charge >= 0.3 is 0 Å². The van der Waals surface area contributed by atoms with E-state index in [0.29, 0.717) is 0 Å². The molecule has 0 aliphatic carbocycles. The highest BCUT2D eigenvalue weighted by atomic mass is 15.0. The third kappa shape index (κ3) is 3.83. The van der Waals surface area contributed by atoms with Gasteiger partial charge in [0, 0.05) is 55.3 Å². The molecule has 0 atom stereocenters. The van der Waals surface area contributed by atoms with Crippen LogP contribution in [0, 0.1) is 0 Å². The van der Waals surface area contributed by atoms with Crippen molar-refractivity contribution in [2.75, 3.05) is 0 Å². The first kappa shape index (κ1) is 27.3. The van der Waals surface area contributed by atoms with Crippen LogP contribution in [0.3, 0.4) is 0 Å². The van der Waals surface area contributed by atoms with Crippen molar-refractivity contribution in [2.24, 2.45) is 0 Å². The Hall–Kier alpha value is -6.71. The second-order valence-corrected chi connectivity index (χ2v) is 13.2. The van der Waals surface area contributed by atoms with Gasteiger partial charge in [0.1, 0.15) is 0 Å². The summed E-state index contributed by atoms with van der Waals surface area (Å²) in [6.07, 6.45) is 2.09. The number of fused-ring (bicyclic) bond motifs is 11. The minimum Gasteiger partial charge on any atom is -0.309 e. The molecular formula is C47H29N3. The zero-order valence-electron chi connectivity index (χ0n) is 27.1. The average Bonchev–Trinajstić information content (AvgIpc) is 3.69. The number of hydrogen-bond donors (Lipinski definition) is 0. The molecular weight excluding hydrogens is 607 g/mol. The van der Waals surface area contributed by atoms with Gasteiger partial charge in [-0.15, -0.1) is 0 Å². The third-order valence-corrected chi connectivity index (χ3v) is 10.5. The maximum Gasteiger partial charge on any atom is 0.0708 e. The number of rotatable bonds is 3. The lowest BCUT2D eigenvalue weighted by Crippen LogP contribution is -1.94. The first-order chi connectivity index (χ1) is 24.8. The minimum atomic E-state index is 1.00. The Morgan fingerprint density at radius 3 is 1.62 bits per heavy atom. The highest BCUT2D eigenvalue weighted by Gasteiger charge is 2.19. The van der Waals surface area contributed by atoms with Crippen molar-refractivity contribution >= 4 is 76.1 Å². The lowest BCUT2D eigenvalue weighted by molar-refractivity contribution is 1.18. The summed E-state index contributed by atoms with van der Waals surface area (Å²) in [5.41, 5.74) is 10.5. The van der Waals surface area contributed by atoms with Crippen LogP contribution in [0.1, 0.15) is 0 Å². The maximum absolute atomic E-state index is 5.01. The Labute approximate surface area is 287 Å². The third-order valence-electron chi connectivity index (χ3n) is 10.5. The molecule has 0 fully saturated rings. The van der Waals surface area contributed by atoms with Gasteiger partial charge in [0.25, 0.3) is 0 Å². The molecule has 0 radical (unpaired) electrons. The van der Waals surface area contributed by atoms with Gasteiger partial charge in [-0.3, -0.25) is 4.98 Å². The van der Waals surface area contributed by atoms with E-state index in [4.69, 9.17) is 4.98 Å². The molecule has 0 bridgehead atoms. The predicted octanol–water partition coefficient (Wildman–Crippen LogP) is 12.4. The summed E-state index contributed by atoms with van der Waals surface area (Å²) in [5, 5.41) is 11.0. The van der Waals surface area contributed by atoms with E-state index in [1.54, 1.807) is 0 Å². The van der Waals surface area contributed by atoms with Crippen LogP contribution in [0.5, 0.6) is 0 Å². The molecule has 50 heavy (non-hydrogen) atoms. The fraction of sp³-hybridized carbons (Fsp3) is 0. The number of aromatic nitrogens is 3. The lowest BCUT2D eigenvalue weighted by Gasteiger charge is -2.15. The van der Waals surface area contributed by atoms with Crippen LogP contribution in [0.4, 0.5) is 0 Å². The Morgan fingerprint density at radius 1 is 0.360 bits per heavy atom. The van der Waals surface area contributed by atoms with E-state index < -0.39 is 0 Å². The summed E-state index contributed by atoms with van der Waals surface area (Å²) in [6.45, 7) is 0. The van der Waals surface area contributed by atoms with Crippen molar-refractivity contribution in [3.8, 4) is 22.5 Å². The van der Waals surface area contributed by atoms with Crippen LogP contribution < -0.4 is 0 Å². The van der Waals surface area contributed by atoms with Gasteiger partial charge in [-0.25, -0.2) is 0 Å². The number of benzene rings is 8. The molecule has 3 heteroatoms. The van der Waals surface area contributed by atoms with Crippen molar-refractivity contribution in [1.82, 2.24) is 14.1 Å². The molecule has 0 N–H and O–H groups in total. The highest BCUT2D eigenvalue weighted by Crippen LogP contribution is 2.43. The summed E-state index contributed by atoms with van der Waals surface area (Å²) < 4.78 is 4.80. The second kappa shape index (κ2) is 10.4. The lowest BCUT2D eigenvalue weighted by atomic mass is 9.91. The molecule has 8 aromatic carbocycles. The van der Waals surface area contributed by atoms with Crippen LogP contribution in [-0.2, 0) is 0 Å². The molecule has 0 aliphatic heterocycles. The molecule has 0 saturated carbocycles. The molecule has 3 heterocycles. The standard InChI is InChI=1S/C47H29N3/c1-3-13-32(14-4-1)49-43-21-11-8-17-34(43)36-24-23-30(26-45(36)49)39-25-31-27-46-40(28-38(31)41-29-48-42-20-10-7-19-37(42)47(39)41)35-18-9-12-22-44(35)50(46)33-15-5-2-6-16-33/h1-29H. The van der Waals surface area contributed by atoms with Gasteiger partial charge in [0.05, 0.1) is 27.6 Å². The zero-order chi connectivity index (χ0) is 32.8. The molecule has 0 saturated heterocycles. The van der Waals surface area contributed by atoms with Gasteiger partial charge in [0.2, 0.25) is 0 Å². The van der Waals surface area contributed by atoms with Crippen molar-refractivity contribution in [1.29, 1.82) is 0 Å². The van der Waals surface area contributed by atoms with Gasteiger partial charge in [-0.2, -0.15) is 0 Å². The quantitative estimate of drug-likeness (QED) is 0.177. The number of pyridine rings is 1. The number of nitrogens with zero attached hydrogens (tertiary/aromatic N) is 3. The van der Waals surface area contributed by atoms with Crippen LogP contribution in [-0.4, -0.2) is 14.1 Å². The molecule has 11 aromatic rings. The maximum atomic E-state index is 5.01. The molecule has 0 amide bonds. The monoisotopic (exact) mass is 635 g/mol. The average molecular weight is 636 g/mol. The van der Waals surface area contributed by atoms with Gasteiger partial charge < -0.3 is 9.13 Å². The van der Waals surface area contributed by atoms with E-state index in [1.807, 2.05) is 0 Å². The topological polar surface area (TPSA) is 22.8 Å². The van der Waals surface area contributed by atoms with Crippen molar-refractivity contribution < 1.29 is 0 Å². The molecule has 232 valence electrons. The van der Waals surface area contributed by atoms with Crippen LogP contribution in [0.15, 0.2) is 176 Å². The second-order valence-electron chi connectivity index (χ2n) is 13.2. The summed E-state index contributed by atoms with van der Waals surface area (Å²) in [4.78, 5) is 5.01. The van der Waals surface area contributed by atoms with Gasteiger partial charge in [-0.1, -0.05) is 103 Å². The fourth-order valence-corrected chi connectivity index (χ4v) is 8.32. The summed E-state index contributed by atoms with van der Waals surface area (Å²) in [6, 6.07) is 61.6. The fourth-order valence-electron chi connectivity index (χ4n) is 8.32. The molecule has 0 unspecified atom stereocenters. The summed E-state index contributed by atoms with van der Waals surface area (Å²) in [5.74, 6) is 0. The van der Waals surface area contributed by atoms with Crippen molar-refractivity contribution in [3.05, 3.63) is 176 Å². The molecule has 3 nitrogen and oxygen atoms in total. The Morgan fingerprint density at radius 2 is 0.920 bits per heavy atom. The number of hydrogen-bond acceptors (Lipinski definition) is 1. The molecule has 3 aromatic heterocycles. The Kier molecular flexibility index (Phi) is 5.67. The Bertz CT molecular complexity index is 3130. The van der Waals surface area contributed by atoms with Crippen LogP contribution in [0.25, 0.3) is 98.6 Å². The molecule has 0 spiro atoms. The summed E-state index contributed by atoms with van der Waals surface area (Å²) >= 11 is 0. The number of para-hydroxylation sites is 5. The largest absolute Gasteiger partial charge is 0.309 e.